The summed E-state index contributed by atoms with van der Waals surface area (Å²) in [6.07, 6.45) is 1.13. The number of rotatable bonds is 4. The number of hydrogen-bond donors (Lipinski definition) is 2. The highest BCUT2D eigenvalue weighted by atomic mass is 16.5. The van der Waals surface area contributed by atoms with Crippen molar-refractivity contribution in [2.24, 2.45) is 17.6 Å². The predicted molar refractivity (Wildman–Crippen MR) is 72.7 cm³/mol. The van der Waals surface area contributed by atoms with Gasteiger partial charge in [-0.15, -0.1) is 0 Å². The predicted octanol–water partition coefficient (Wildman–Crippen LogP) is 0.0909. The lowest BCUT2D eigenvalue weighted by atomic mass is 9.96. The Morgan fingerprint density at radius 2 is 1.80 bits per heavy atom. The number of carbonyl (C=O) groups is 3. The van der Waals surface area contributed by atoms with E-state index in [9.17, 15) is 14.4 Å². The Hall–Kier alpha value is -1.79. The SMILES string of the molecule is COC(=O)C(NC(=O)N1CCC(C(N)=O)CC1)C(C)C. The number of piperidine rings is 1. The van der Waals surface area contributed by atoms with Crippen LogP contribution in [0.1, 0.15) is 26.7 Å². The van der Waals surface area contributed by atoms with Gasteiger partial charge in [-0.25, -0.2) is 9.59 Å². The van der Waals surface area contributed by atoms with E-state index in [-0.39, 0.29) is 23.8 Å². The molecule has 1 saturated heterocycles. The van der Waals surface area contributed by atoms with Gasteiger partial charge in [0, 0.05) is 19.0 Å². The molecule has 20 heavy (non-hydrogen) atoms. The highest BCUT2D eigenvalue weighted by molar-refractivity contribution is 5.84. The number of ether oxygens (including phenoxy) is 1. The zero-order valence-corrected chi connectivity index (χ0v) is 12.2. The lowest BCUT2D eigenvalue weighted by molar-refractivity contribution is -0.144. The summed E-state index contributed by atoms with van der Waals surface area (Å²) in [4.78, 5) is 36.4. The highest BCUT2D eigenvalue weighted by Gasteiger charge is 2.30. The van der Waals surface area contributed by atoms with E-state index in [0.29, 0.717) is 25.9 Å². The van der Waals surface area contributed by atoms with E-state index >= 15 is 0 Å². The van der Waals surface area contributed by atoms with Crippen LogP contribution in [0.5, 0.6) is 0 Å². The Labute approximate surface area is 118 Å². The quantitative estimate of drug-likeness (QED) is 0.715. The molecule has 1 rings (SSSR count). The Bertz CT molecular complexity index is 376. The van der Waals surface area contributed by atoms with E-state index in [4.69, 9.17) is 5.73 Å². The lowest BCUT2D eigenvalue weighted by Crippen LogP contribution is -2.52. The first kappa shape index (κ1) is 16.3. The molecule has 7 nitrogen and oxygen atoms in total. The second-order valence-electron chi connectivity index (χ2n) is 5.36. The van der Waals surface area contributed by atoms with Crippen molar-refractivity contribution >= 4 is 17.9 Å². The largest absolute Gasteiger partial charge is 0.467 e. The van der Waals surface area contributed by atoms with Crippen LogP contribution in [-0.2, 0) is 14.3 Å². The number of hydrogen-bond acceptors (Lipinski definition) is 4. The fourth-order valence-corrected chi connectivity index (χ4v) is 2.22. The normalized spacial score (nSPS) is 17.7. The lowest BCUT2D eigenvalue weighted by Gasteiger charge is -2.32. The van der Waals surface area contributed by atoms with Crippen molar-refractivity contribution in [2.45, 2.75) is 32.7 Å². The van der Waals surface area contributed by atoms with Crippen LogP contribution in [0.15, 0.2) is 0 Å². The van der Waals surface area contributed by atoms with Crippen LogP contribution in [-0.4, -0.2) is 49.0 Å². The number of urea groups is 1. The molecule has 0 saturated carbocycles. The summed E-state index contributed by atoms with van der Waals surface area (Å²) in [7, 11) is 1.29. The Kier molecular flexibility index (Phi) is 5.79. The van der Waals surface area contributed by atoms with Crippen molar-refractivity contribution in [2.75, 3.05) is 20.2 Å². The number of nitrogens with one attached hydrogen (secondary N) is 1. The van der Waals surface area contributed by atoms with Gasteiger partial charge in [-0.3, -0.25) is 4.79 Å². The summed E-state index contributed by atoms with van der Waals surface area (Å²) in [6.45, 7) is 4.60. The molecule has 1 fully saturated rings. The summed E-state index contributed by atoms with van der Waals surface area (Å²) in [5.74, 6) is -1.00. The molecule has 0 spiro atoms. The van der Waals surface area contributed by atoms with Gasteiger partial charge in [-0.05, 0) is 18.8 Å². The molecule has 0 bridgehead atoms. The molecular formula is C13H23N3O4. The van der Waals surface area contributed by atoms with Crippen LogP contribution in [0, 0.1) is 11.8 Å². The van der Waals surface area contributed by atoms with Gasteiger partial charge in [0.05, 0.1) is 7.11 Å². The van der Waals surface area contributed by atoms with Crippen molar-refractivity contribution in [3.05, 3.63) is 0 Å². The molecular weight excluding hydrogens is 262 g/mol. The fourth-order valence-electron chi connectivity index (χ4n) is 2.22. The maximum Gasteiger partial charge on any atom is 0.328 e. The smallest absolute Gasteiger partial charge is 0.328 e. The van der Waals surface area contributed by atoms with E-state index < -0.39 is 12.0 Å². The molecule has 1 heterocycles. The summed E-state index contributed by atoms with van der Waals surface area (Å²) in [6, 6.07) is -0.974. The monoisotopic (exact) mass is 285 g/mol. The zero-order chi connectivity index (χ0) is 15.3. The number of primary amides is 1. The van der Waals surface area contributed by atoms with Gasteiger partial charge >= 0.3 is 12.0 Å². The van der Waals surface area contributed by atoms with E-state index in [1.54, 1.807) is 4.90 Å². The van der Waals surface area contributed by atoms with Gasteiger partial charge in [0.2, 0.25) is 5.91 Å². The molecule has 1 aliphatic rings. The van der Waals surface area contributed by atoms with E-state index in [0.717, 1.165) is 0 Å². The average molecular weight is 285 g/mol. The van der Waals surface area contributed by atoms with Crippen molar-refractivity contribution in [1.82, 2.24) is 10.2 Å². The van der Waals surface area contributed by atoms with Crippen LogP contribution in [0.4, 0.5) is 4.79 Å². The Morgan fingerprint density at radius 1 is 1.25 bits per heavy atom. The van der Waals surface area contributed by atoms with E-state index in [1.807, 2.05) is 13.8 Å². The van der Waals surface area contributed by atoms with Gasteiger partial charge in [-0.2, -0.15) is 0 Å². The maximum atomic E-state index is 12.1. The molecule has 7 heteroatoms. The molecule has 114 valence electrons. The first-order valence-corrected chi connectivity index (χ1v) is 6.79. The average Bonchev–Trinajstić information content (AvgIpc) is 2.43. The van der Waals surface area contributed by atoms with E-state index in [2.05, 4.69) is 10.1 Å². The van der Waals surface area contributed by atoms with Crippen LogP contribution in [0.3, 0.4) is 0 Å². The van der Waals surface area contributed by atoms with Gasteiger partial charge in [-0.1, -0.05) is 13.8 Å². The zero-order valence-electron chi connectivity index (χ0n) is 12.2. The first-order valence-electron chi connectivity index (χ1n) is 6.79. The second-order valence-corrected chi connectivity index (χ2v) is 5.36. The van der Waals surface area contributed by atoms with Crippen molar-refractivity contribution in [1.29, 1.82) is 0 Å². The molecule has 1 unspecified atom stereocenters. The summed E-state index contributed by atoms with van der Waals surface area (Å²) >= 11 is 0. The maximum absolute atomic E-state index is 12.1. The van der Waals surface area contributed by atoms with E-state index in [1.165, 1.54) is 7.11 Å². The van der Waals surface area contributed by atoms with Gasteiger partial charge in [0.1, 0.15) is 6.04 Å². The van der Waals surface area contributed by atoms with Gasteiger partial charge < -0.3 is 20.7 Å². The summed E-state index contributed by atoms with van der Waals surface area (Å²) in [5.41, 5.74) is 5.25. The van der Waals surface area contributed by atoms with Crippen molar-refractivity contribution < 1.29 is 19.1 Å². The molecule has 3 N–H and O–H groups in total. The third-order valence-electron chi connectivity index (χ3n) is 3.59. The Balaban J connectivity index is 2.54. The molecule has 1 aliphatic heterocycles. The molecule has 0 radical (unpaired) electrons. The minimum atomic E-state index is -0.665. The Morgan fingerprint density at radius 3 is 2.20 bits per heavy atom. The topological polar surface area (TPSA) is 102 Å². The minimum absolute atomic E-state index is 0.0606. The molecule has 0 aromatic heterocycles. The molecule has 0 aliphatic carbocycles. The highest BCUT2D eigenvalue weighted by Crippen LogP contribution is 2.17. The van der Waals surface area contributed by atoms with Crippen molar-refractivity contribution in [3.63, 3.8) is 0 Å². The fraction of sp³-hybridized carbons (Fsp3) is 0.769. The number of methoxy groups -OCH3 is 1. The number of carbonyl (C=O) groups excluding carboxylic acids is 3. The van der Waals surface area contributed by atoms with Gasteiger partial charge in [0.15, 0.2) is 0 Å². The number of nitrogens with zero attached hydrogens (tertiary/aromatic N) is 1. The number of esters is 1. The molecule has 3 amide bonds. The van der Waals surface area contributed by atoms with Crippen LogP contribution in [0.25, 0.3) is 0 Å². The summed E-state index contributed by atoms with van der Waals surface area (Å²) in [5, 5.41) is 2.68. The summed E-state index contributed by atoms with van der Waals surface area (Å²) < 4.78 is 4.68. The number of nitrogens with two attached hydrogens (primary N) is 1. The molecule has 0 aromatic rings. The standard InChI is InChI=1S/C13H23N3O4/c1-8(2)10(12(18)20-3)15-13(19)16-6-4-9(5-7-16)11(14)17/h8-10H,4-7H2,1-3H3,(H2,14,17)(H,15,19). The molecule has 1 atom stereocenters. The van der Waals surface area contributed by atoms with Crippen LogP contribution < -0.4 is 11.1 Å². The van der Waals surface area contributed by atoms with Gasteiger partial charge in [0.25, 0.3) is 0 Å². The third-order valence-corrected chi connectivity index (χ3v) is 3.59. The number of likely N-dealkylation sites (tertiary alicyclic amines) is 1. The second kappa shape index (κ2) is 7.12. The van der Waals surface area contributed by atoms with Crippen LogP contribution >= 0.6 is 0 Å². The first-order chi connectivity index (χ1) is 9.36. The minimum Gasteiger partial charge on any atom is -0.467 e. The molecule has 0 aromatic carbocycles. The van der Waals surface area contributed by atoms with Crippen LogP contribution in [0.2, 0.25) is 0 Å². The van der Waals surface area contributed by atoms with Crippen molar-refractivity contribution in [3.8, 4) is 0 Å². The third kappa shape index (κ3) is 4.11. The number of amides is 3.